The van der Waals surface area contributed by atoms with Crippen LogP contribution in [0.3, 0.4) is 0 Å². The highest BCUT2D eigenvalue weighted by atomic mass is 32.2. The summed E-state index contributed by atoms with van der Waals surface area (Å²) in [6.07, 6.45) is 1.53. The van der Waals surface area contributed by atoms with Gasteiger partial charge in [0.2, 0.25) is 0 Å². The van der Waals surface area contributed by atoms with Gasteiger partial charge in [0.25, 0.3) is 5.91 Å². The molecule has 0 saturated carbocycles. The van der Waals surface area contributed by atoms with Crippen LogP contribution >= 0.6 is 11.8 Å². The van der Waals surface area contributed by atoms with Gasteiger partial charge in [-0.25, -0.2) is 4.99 Å². The highest BCUT2D eigenvalue weighted by Crippen LogP contribution is 2.34. The number of benzene rings is 2. The van der Waals surface area contributed by atoms with Gasteiger partial charge in [0, 0.05) is 13.1 Å². The van der Waals surface area contributed by atoms with Crippen molar-refractivity contribution in [2.75, 3.05) is 14.2 Å². The number of thioether (sulfide) groups is 1. The Balaban J connectivity index is 1.89. The van der Waals surface area contributed by atoms with E-state index in [-0.39, 0.29) is 5.91 Å². The molecule has 2 aromatic rings. The van der Waals surface area contributed by atoms with Crippen LogP contribution in [0.25, 0.3) is 6.08 Å². The summed E-state index contributed by atoms with van der Waals surface area (Å²) >= 11 is 1.17. The largest absolute Gasteiger partial charge is 0.502 e. The minimum atomic E-state index is -0.677. The molecule has 1 N–H and O–H groups in total. The average Bonchev–Trinajstić information content (AvgIpc) is 2.91. The molecule has 1 saturated heterocycles. The number of phenols is 1. The van der Waals surface area contributed by atoms with E-state index in [9.17, 15) is 20.0 Å². The first-order valence-corrected chi connectivity index (χ1v) is 8.58. The second-order valence-corrected chi connectivity index (χ2v) is 6.58. The summed E-state index contributed by atoms with van der Waals surface area (Å²) in [4.78, 5) is 29.0. The number of hydrogen-bond acceptors (Lipinski definition) is 7. The molecular formula is C18H15N3O5S. The predicted octanol–water partition coefficient (Wildman–Crippen LogP) is 3.54. The molecule has 1 heterocycles. The number of nitrogens with zero attached hydrogens (tertiary/aromatic N) is 3. The lowest BCUT2D eigenvalue weighted by Crippen LogP contribution is -2.23. The van der Waals surface area contributed by atoms with E-state index in [4.69, 9.17) is 4.74 Å². The molecule has 1 fully saturated rings. The molecule has 1 aliphatic heterocycles. The Labute approximate surface area is 158 Å². The first kappa shape index (κ1) is 18.5. The van der Waals surface area contributed by atoms with Gasteiger partial charge in [-0.1, -0.05) is 6.07 Å². The zero-order chi connectivity index (χ0) is 19.6. The Morgan fingerprint density at radius 1 is 1.26 bits per heavy atom. The van der Waals surface area contributed by atoms with Crippen LogP contribution in [0, 0.1) is 10.1 Å². The third kappa shape index (κ3) is 3.93. The first-order chi connectivity index (χ1) is 12.9. The second-order valence-electron chi connectivity index (χ2n) is 5.57. The summed E-state index contributed by atoms with van der Waals surface area (Å²) in [5, 5.41) is 21.0. The number of carbonyl (C=O) groups is 1. The summed E-state index contributed by atoms with van der Waals surface area (Å²) in [5.41, 5.74) is 0.689. The third-order valence-electron chi connectivity index (χ3n) is 3.79. The van der Waals surface area contributed by atoms with Crippen LogP contribution in [0.15, 0.2) is 52.4 Å². The molecule has 1 amide bonds. The van der Waals surface area contributed by atoms with Gasteiger partial charge in [0.15, 0.2) is 10.9 Å². The van der Waals surface area contributed by atoms with Crippen molar-refractivity contribution >= 4 is 40.3 Å². The molecule has 2 aromatic carbocycles. The monoisotopic (exact) mass is 385 g/mol. The molecule has 0 spiro atoms. The highest BCUT2D eigenvalue weighted by molar-refractivity contribution is 8.18. The fraction of sp³-hybridized carbons (Fsp3) is 0.111. The van der Waals surface area contributed by atoms with E-state index < -0.39 is 16.4 Å². The summed E-state index contributed by atoms with van der Waals surface area (Å²) < 4.78 is 5.10. The molecule has 0 bridgehead atoms. The van der Waals surface area contributed by atoms with Crippen LogP contribution in [0.1, 0.15) is 5.56 Å². The van der Waals surface area contributed by atoms with Crippen LogP contribution in [0.5, 0.6) is 11.5 Å². The molecule has 9 heteroatoms. The Bertz CT molecular complexity index is 969. The Morgan fingerprint density at radius 2 is 1.96 bits per heavy atom. The van der Waals surface area contributed by atoms with Crippen molar-refractivity contribution in [3.05, 3.63) is 63.0 Å². The maximum Gasteiger partial charge on any atom is 0.311 e. The van der Waals surface area contributed by atoms with Crippen molar-refractivity contribution in [3.8, 4) is 11.5 Å². The first-order valence-electron chi connectivity index (χ1n) is 7.77. The fourth-order valence-electron chi connectivity index (χ4n) is 2.35. The van der Waals surface area contributed by atoms with Crippen molar-refractivity contribution < 1.29 is 19.6 Å². The van der Waals surface area contributed by atoms with Crippen molar-refractivity contribution in [2.24, 2.45) is 4.99 Å². The minimum absolute atomic E-state index is 0.261. The molecule has 0 atom stereocenters. The lowest BCUT2D eigenvalue weighted by molar-refractivity contribution is -0.385. The zero-order valence-electron chi connectivity index (χ0n) is 14.4. The molecule has 8 nitrogen and oxygen atoms in total. The molecular weight excluding hydrogens is 370 g/mol. The number of phenolic OH excluding ortho intramolecular Hbond substituents is 1. The van der Waals surface area contributed by atoms with Crippen LogP contribution < -0.4 is 4.74 Å². The van der Waals surface area contributed by atoms with Crippen LogP contribution in [0.2, 0.25) is 0 Å². The summed E-state index contributed by atoms with van der Waals surface area (Å²) in [7, 11) is 3.18. The number of carbonyl (C=O) groups excluding carboxylic acids is 1. The number of nitro groups is 1. The van der Waals surface area contributed by atoms with Gasteiger partial charge >= 0.3 is 5.69 Å². The number of amidine groups is 1. The number of amides is 1. The number of ether oxygens (including phenoxy) is 1. The van der Waals surface area contributed by atoms with Crippen molar-refractivity contribution in [1.29, 1.82) is 0 Å². The van der Waals surface area contributed by atoms with Crippen molar-refractivity contribution in [1.82, 2.24) is 4.90 Å². The Morgan fingerprint density at radius 3 is 2.59 bits per heavy atom. The van der Waals surface area contributed by atoms with Crippen molar-refractivity contribution in [3.63, 3.8) is 0 Å². The SMILES string of the molecule is COc1ccc(N=C2S/C(=C\c3ccc(O)c([N+](=O)[O-])c3)C(=O)N2C)cc1. The van der Waals surface area contributed by atoms with Gasteiger partial charge in [-0.05, 0) is 53.7 Å². The number of methoxy groups -OCH3 is 1. The van der Waals surface area contributed by atoms with E-state index >= 15 is 0 Å². The van der Waals surface area contributed by atoms with E-state index in [1.165, 1.54) is 40.9 Å². The smallest absolute Gasteiger partial charge is 0.311 e. The summed E-state index contributed by atoms with van der Waals surface area (Å²) in [5.74, 6) is 0.0198. The molecule has 138 valence electrons. The third-order valence-corrected chi connectivity index (χ3v) is 4.85. The molecule has 27 heavy (non-hydrogen) atoms. The van der Waals surface area contributed by atoms with Gasteiger partial charge in [-0.3, -0.25) is 19.8 Å². The highest BCUT2D eigenvalue weighted by Gasteiger charge is 2.30. The van der Waals surface area contributed by atoms with E-state index in [0.29, 0.717) is 27.1 Å². The van der Waals surface area contributed by atoms with Gasteiger partial charge in [0.1, 0.15) is 5.75 Å². The van der Waals surface area contributed by atoms with Crippen LogP contribution in [-0.4, -0.2) is 40.2 Å². The van der Waals surface area contributed by atoms with Gasteiger partial charge in [-0.15, -0.1) is 0 Å². The molecule has 0 radical (unpaired) electrons. The molecule has 3 rings (SSSR count). The number of likely N-dealkylation sites (N-methyl/N-ethyl adjacent to an activating group) is 1. The van der Waals surface area contributed by atoms with Crippen LogP contribution in [0.4, 0.5) is 11.4 Å². The summed E-state index contributed by atoms with van der Waals surface area (Å²) in [6.45, 7) is 0. The number of aliphatic imine (C=N–C) groups is 1. The van der Waals surface area contributed by atoms with E-state index in [1.54, 1.807) is 38.4 Å². The minimum Gasteiger partial charge on any atom is -0.502 e. The number of hydrogen-bond donors (Lipinski definition) is 1. The number of nitro benzene ring substituents is 1. The van der Waals surface area contributed by atoms with Crippen LogP contribution in [-0.2, 0) is 4.79 Å². The molecule has 0 aliphatic carbocycles. The van der Waals surface area contributed by atoms with E-state index in [2.05, 4.69) is 4.99 Å². The number of rotatable bonds is 4. The fourth-order valence-corrected chi connectivity index (χ4v) is 3.33. The zero-order valence-corrected chi connectivity index (χ0v) is 15.3. The topological polar surface area (TPSA) is 105 Å². The lowest BCUT2D eigenvalue weighted by atomic mass is 10.1. The molecule has 0 aromatic heterocycles. The Kier molecular flexibility index (Phi) is 5.13. The maximum absolute atomic E-state index is 12.4. The van der Waals surface area contributed by atoms with Gasteiger partial charge < -0.3 is 9.84 Å². The normalized spacial score (nSPS) is 17.0. The standard InChI is InChI=1S/C18H15N3O5S/c1-20-17(23)16(10-11-3-8-15(22)14(9-11)21(24)25)27-18(20)19-12-4-6-13(26-2)7-5-12/h3-10,22H,1-2H3/b16-10-,19-18?. The average molecular weight is 385 g/mol. The maximum atomic E-state index is 12.4. The lowest BCUT2D eigenvalue weighted by Gasteiger charge is -2.07. The van der Waals surface area contributed by atoms with Crippen molar-refractivity contribution in [2.45, 2.75) is 0 Å². The van der Waals surface area contributed by atoms with E-state index in [0.717, 1.165) is 0 Å². The summed E-state index contributed by atoms with van der Waals surface area (Å²) in [6, 6.07) is 11.0. The quantitative estimate of drug-likeness (QED) is 0.490. The van der Waals surface area contributed by atoms with E-state index in [1.807, 2.05) is 0 Å². The van der Waals surface area contributed by atoms with Gasteiger partial charge in [-0.2, -0.15) is 0 Å². The molecule has 0 unspecified atom stereocenters. The second kappa shape index (κ2) is 7.50. The molecule has 1 aliphatic rings. The predicted molar refractivity (Wildman–Crippen MR) is 103 cm³/mol. The number of aromatic hydroxyl groups is 1. The Hall–Kier alpha value is -3.33. The van der Waals surface area contributed by atoms with Gasteiger partial charge in [0.05, 0.1) is 22.6 Å².